The molecule has 0 atom stereocenters. The summed E-state index contributed by atoms with van der Waals surface area (Å²) in [6.07, 6.45) is 1.58. The lowest BCUT2D eigenvalue weighted by Gasteiger charge is -1.99. The molecule has 5 nitrogen and oxygen atoms in total. The summed E-state index contributed by atoms with van der Waals surface area (Å²) in [5.41, 5.74) is 1.23. The largest absolute Gasteiger partial charge is 0.288 e. The first-order valence-corrected chi connectivity index (χ1v) is 8.67. The first kappa shape index (κ1) is 16.5. The Hall–Kier alpha value is -2.40. The predicted octanol–water partition coefficient (Wildman–Crippen LogP) is 5.51. The number of nitrogens with zero attached hydrogens (tertiary/aromatic N) is 3. The highest BCUT2D eigenvalue weighted by molar-refractivity contribution is 8.05. The minimum Gasteiger partial charge on any atom is -0.258 e. The summed E-state index contributed by atoms with van der Waals surface area (Å²) in [4.78, 5) is 15.2. The van der Waals surface area contributed by atoms with E-state index in [1.54, 1.807) is 12.1 Å². The van der Waals surface area contributed by atoms with Gasteiger partial charge in [0.1, 0.15) is 11.1 Å². The fourth-order valence-corrected chi connectivity index (χ4v) is 4.15. The molecular weight excluding hydrogens is 366 g/mol. The molecular formula is C16H8ClN3O2S2. The van der Waals surface area contributed by atoms with Crippen LogP contribution in [0.1, 0.15) is 5.56 Å². The topological polar surface area (TPSA) is 79.8 Å². The van der Waals surface area contributed by atoms with Crippen LogP contribution in [0.4, 0.5) is 5.69 Å². The van der Waals surface area contributed by atoms with Crippen LogP contribution >= 0.6 is 34.7 Å². The van der Waals surface area contributed by atoms with Gasteiger partial charge in [0.25, 0.3) is 5.69 Å². The van der Waals surface area contributed by atoms with Crippen LogP contribution < -0.4 is 0 Å². The molecule has 0 aliphatic rings. The van der Waals surface area contributed by atoms with Gasteiger partial charge in [0, 0.05) is 6.07 Å². The molecule has 0 saturated carbocycles. The first-order chi connectivity index (χ1) is 11.6. The smallest absolute Gasteiger partial charge is 0.258 e. The number of nitro benzene ring substituents is 1. The third-order valence-corrected chi connectivity index (χ3v) is 5.39. The third kappa shape index (κ3) is 3.57. The van der Waals surface area contributed by atoms with Gasteiger partial charge in [0.05, 0.1) is 20.0 Å². The molecule has 3 rings (SSSR count). The Morgan fingerprint density at radius 3 is 2.88 bits per heavy atom. The molecule has 0 amide bonds. The Bertz CT molecular complexity index is 975. The van der Waals surface area contributed by atoms with Crippen molar-refractivity contribution >= 4 is 56.7 Å². The van der Waals surface area contributed by atoms with Gasteiger partial charge in [0.15, 0.2) is 4.34 Å². The maximum Gasteiger partial charge on any atom is 0.288 e. The number of nitriles is 1. The maximum absolute atomic E-state index is 10.9. The minimum atomic E-state index is -0.549. The summed E-state index contributed by atoms with van der Waals surface area (Å²) in [5, 5.41) is 20.3. The first-order valence-electron chi connectivity index (χ1n) is 6.66. The van der Waals surface area contributed by atoms with E-state index in [0.29, 0.717) is 10.5 Å². The van der Waals surface area contributed by atoms with E-state index in [0.717, 1.165) is 14.6 Å². The summed E-state index contributed by atoms with van der Waals surface area (Å²) in [6.45, 7) is 0. The highest BCUT2D eigenvalue weighted by Gasteiger charge is 2.13. The molecule has 8 heteroatoms. The van der Waals surface area contributed by atoms with Gasteiger partial charge in [-0.3, -0.25) is 10.1 Å². The summed E-state index contributed by atoms with van der Waals surface area (Å²) < 4.78 is 1.78. The number of nitro groups is 1. The molecule has 0 N–H and O–H groups in total. The van der Waals surface area contributed by atoms with Crippen LogP contribution in [0.2, 0.25) is 5.02 Å². The average Bonchev–Trinajstić information content (AvgIpc) is 2.97. The van der Waals surface area contributed by atoms with Gasteiger partial charge in [-0.15, -0.1) is 11.3 Å². The number of fused-ring (bicyclic) bond motifs is 1. The SMILES string of the molecule is N#C/C(=C\c1ccc(Cl)c([N+](=O)[O-])c1)Sc1nc2ccccc2s1. The van der Waals surface area contributed by atoms with Gasteiger partial charge in [-0.2, -0.15) is 5.26 Å². The van der Waals surface area contributed by atoms with Crippen LogP contribution in [0.15, 0.2) is 51.7 Å². The van der Waals surface area contributed by atoms with Gasteiger partial charge in [0.2, 0.25) is 0 Å². The molecule has 0 radical (unpaired) electrons. The molecule has 24 heavy (non-hydrogen) atoms. The second-order valence-electron chi connectivity index (χ2n) is 4.64. The van der Waals surface area contributed by atoms with Crippen molar-refractivity contribution in [2.24, 2.45) is 0 Å². The third-order valence-electron chi connectivity index (χ3n) is 3.05. The Morgan fingerprint density at radius 2 is 2.17 bits per heavy atom. The van der Waals surface area contributed by atoms with Crippen molar-refractivity contribution in [3.63, 3.8) is 0 Å². The normalized spacial score (nSPS) is 11.4. The molecule has 0 aliphatic heterocycles. The molecule has 0 bridgehead atoms. The second-order valence-corrected chi connectivity index (χ2v) is 7.36. The predicted molar refractivity (Wildman–Crippen MR) is 97.2 cm³/mol. The van der Waals surface area contributed by atoms with E-state index in [2.05, 4.69) is 11.1 Å². The lowest BCUT2D eigenvalue weighted by molar-refractivity contribution is -0.384. The van der Waals surface area contributed by atoms with Gasteiger partial charge in [-0.25, -0.2) is 4.98 Å². The quantitative estimate of drug-likeness (QED) is 0.260. The highest BCUT2D eigenvalue weighted by Crippen LogP contribution is 2.35. The molecule has 118 valence electrons. The number of para-hydroxylation sites is 1. The number of thioether (sulfide) groups is 1. The van der Waals surface area contributed by atoms with Crippen molar-refractivity contribution in [2.75, 3.05) is 0 Å². The number of aromatic nitrogens is 1. The van der Waals surface area contributed by atoms with Crippen molar-refractivity contribution in [3.8, 4) is 6.07 Å². The zero-order chi connectivity index (χ0) is 17.1. The van der Waals surface area contributed by atoms with Gasteiger partial charge in [-0.1, -0.05) is 29.8 Å². The minimum absolute atomic E-state index is 0.0643. The molecule has 2 aromatic carbocycles. The number of hydrogen-bond acceptors (Lipinski definition) is 6. The van der Waals surface area contributed by atoms with E-state index in [1.807, 2.05) is 24.3 Å². The number of thiazole rings is 1. The van der Waals surface area contributed by atoms with E-state index in [9.17, 15) is 15.4 Å². The van der Waals surface area contributed by atoms with Crippen molar-refractivity contribution in [2.45, 2.75) is 4.34 Å². The fourth-order valence-electron chi connectivity index (χ4n) is 1.98. The summed E-state index contributed by atoms with van der Waals surface area (Å²) >= 11 is 8.52. The van der Waals surface area contributed by atoms with Crippen LogP contribution in [0.3, 0.4) is 0 Å². The Labute approximate surface area is 150 Å². The van der Waals surface area contributed by atoms with Crippen LogP contribution in [-0.2, 0) is 0 Å². The van der Waals surface area contributed by atoms with Gasteiger partial charge in [-0.05, 0) is 41.6 Å². The Balaban J connectivity index is 1.91. The van der Waals surface area contributed by atoms with E-state index in [-0.39, 0.29) is 10.7 Å². The van der Waals surface area contributed by atoms with E-state index in [4.69, 9.17) is 11.6 Å². The fraction of sp³-hybridized carbons (Fsp3) is 0. The number of benzene rings is 2. The highest BCUT2D eigenvalue weighted by atomic mass is 35.5. The second kappa shape index (κ2) is 7.01. The molecule has 0 unspecified atom stereocenters. The van der Waals surface area contributed by atoms with E-state index in [1.165, 1.54) is 35.2 Å². The molecule has 0 spiro atoms. The van der Waals surface area contributed by atoms with Gasteiger partial charge >= 0.3 is 0 Å². The number of halogens is 1. The lowest BCUT2D eigenvalue weighted by Crippen LogP contribution is -1.89. The van der Waals surface area contributed by atoms with Crippen LogP contribution in [0.25, 0.3) is 16.3 Å². The standard InChI is InChI=1S/C16H8ClN3O2S2/c17-12-6-5-10(8-14(12)20(21)22)7-11(9-18)23-16-19-13-3-1-2-4-15(13)24-16/h1-8H/b11-7+. The molecule has 0 fully saturated rings. The van der Waals surface area contributed by atoms with Crippen LogP contribution in [-0.4, -0.2) is 9.91 Å². The summed E-state index contributed by atoms with van der Waals surface area (Å²) in [6, 6.07) is 14.2. The summed E-state index contributed by atoms with van der Waals surface area (Å²) in [7, 11) is 0. The molecule has 0 aliphatic carbocycles. The molecule has 1 aromatic heterocycles. The zero-order valence-electron chi connectivity index (χ0n) is 12.0. The van der Waals surface area contributed by atoms with Crippen molar-refractivity contribution in [3.05, 3.63) is 68.1 Å². The summed E-state index contributed by atoms with van der Waals surface area (Å²) in [5.74, 6) is 0. The van der Waals surface area contributed by atoms with E-state index >= 15 is 0 Å². The van der Waals surface area contributed by atoms with Crippen molar-refractivity contribution in [1.82, 2.24) is 4.98 Å². The number of hydrogen-bond donors (Lipinski definition) is 0. The Kier molecular flexibility index (Phi) is 4.81. The van der Waals surface area contributed by atoms with Crippen LogP contribution in [0, 0.1) is 21.4 Å². The zero-order valence-corrected chi connectivity index (χ0v) is 14.4. The lowest BCUT2D eigenvalue weighted by atomic mass is 10.2. The monoisotopic (exact) mass is 373 g/mol. The molecule has 1 heterocycles. The van der Waals surface area contributed by atoms with Gasteiger partial charge < -0.3 is 0 Å². The molecule has 3 aromatic rings. The van der Waals surface area contributed by atoms with E-state index < -0.39 is 4.92 Å². The Morgan fingerprint density at radius 1 is 1.38 bits per heavy atom. The number of rotatable bonds is 4. The average molecular weight is 374 g/mol. The maximum atomic E-state index is 10.9. The van der Waals surface area contributed by atoms with Crippen molar-refractivity contribution in [1.29, 1.82) is 5.26 Å². The van der Waals surface area contributed by atoms with Crippen LogP contribution in [0.5, 0.6) is 0 Å². The van der Waals surface area contributed by atoms with Crippen molar-refractivity contribution < 1.29 is 4.92 Å². The molecule has 0 saturated heterocycles. The number of allylic oxidation sites excluding steroid dienone is 1.